The van der Waals surface area contributed by atoms with Gasteiger partial charge in [0.15, 0.2) is 0 Å². The SMILES string of the molecule is CCNC(CCCC(C)C)c1snnc1C(C)C. The van der Waals surface area contributed by atoms with Crippen LogP contribution < -0.4 is 5.32 Å². The lowest BCUT2D eigenvalue weighted by Crippen LogP contribution is -2.21. The number of hydrogen-bond donors (Lipinski definition) is 1. The van der Waals surface area contributed by atoms with Crippen LogP contribution in [-0.4, -0.2) is 16.1 Å². The Labute approximate surface area is 116 Å². The lowest BCUT2D eigenvalue weighted by atomic mass is 9.99. The van der Waals surface area contributed by atoms with E-state index in [2.05, 4.69) is 49.5 Å². The number of nitrogens with zero attached hydrogens (tertiary/aromatic N) is 2. The highest BCUT2D eigenvalue weighted by Crippen LogP contribution is 2.29. The van der Waals surface area contributed by atoms with Gasteiger partial charge in [-0.05, 0) is 36.3 Å². The molecule has 1 rings (SSSR count). The summed E-state index contributed by atoms with van der Waals surface area (Å²) in [5.74, 6) is 1.25. The van der Waals surface area contributed by atoms with Gasteiger partial charge in [0.1, 0.15) is 0 Å². The fraction of sp³-hybridized carbons (Fsp3) is 0.857. The first kappa shape index (κ1) is 15.6. The fourth-order valence-corrected chi connectivity index (χ4v) is 3.06. The predicted octanol–water partition coefficient (Wildman–Crippen LogP) is 4.14. The molecule has 3 nitrogen and oxygen atoms in total. The summed E-state index contributed by atoms with van der Waals surface area (Å²) in [5.41, 5.74) is 1.18. The van der Waals surface area contributed by atoms with E-state index in [4.69, 9.17) is 0 Å². The van der Waals surface area contributed by atoms with E-state index in [9.17, 15) is 0 Å². The first-order chi connectivity index (χ1) is 8.56. The Morgan fingerprint density at radius 3 is 2.44 bits per heavy atom. The standard InChI is InChI=1S/C14H27N3S/c1-6-15-12(9-7-8-10(2)3)14-13(11(4)5)16-17-18-14/h10-12,15H,6-9H2,1-5H3. The molecule has 0 saturated carbocycles. The van der Waals surface area contributed by atoms with Crippen molar-refractivity contribution < 1.29 is 0 Å². The lowest BCUT2D eigenvalue weighted by molar-refractivity contribution is 0.456. The summed E-state index contributed by atoms with van der Waals surface area (Å²) < 4.78 is 4.14. The second-order valence-electron chi connectivity index (χ2n) is 5.61. The molecule has 1 atom stereocenters. The van der Waals surface area contributed by atoms with Crippen LogP contribution in [0.1, 0.15) is 76.4 Å². The van der Waals surface area contributed by atoms with Gasteiger partial charge in [-0.2, -0.15) is 0 Å². The van der Waals surface area contributed by atoms with E-state index in [-0.39, 0.29) is 0 Å². The third-order valence-corrected chi connectivity index (χ3v) is 3.98. The highest BCUT2D eigenvalue weighted by molar-refractivity contribution is 7.05. The van der Waals surface area contributed by atoms with Gasteiger partial charge in [-0.15, -0.1) is 5.10 Å². The quantitative estimate of drug-likeness (QED) is 0.771. The molecule has 0 saturated heterocycles. The number of hydrogen-bond acceptors (Lipinski definition) is 4. The van der Waals surface area contributed by atoms with Crippen LogP contribution >= 0.6 is 11.5 Å². The van der Waals surface area contributed by atoms with Crippen molar-refractivity contribution in [3.8, 4) is 0 Å². The summed E-state index contributed by atoms with van der Waals surface area (Å²) in [5, 5.41) is 7.87. The molecule has 1 aromatic rings. The molecule has 0 aliphatic heterocycles. The fourth-order valence-electron chi connectivity index (χ4n) is 2.15. The zero-order valence-electron chi connectivity index (χ0n) is 12.4. The molecule has 0 bridgehead atoms. The predicted molar refractivity (Wildman–Crippen MR) is 79.1 cm³/mol. The van der Waals surface area contributed by atoms with Crippen molar-refractivity contribution in [1.82, 2.24) is 14.9 Å². The minimum atomic E-state index is 0.436. The number of aromatic nitrogens is 2. The van der Waals surface area contributed by atoms with Crippen LogP contribution in [0.25, 0.3) is 0 Å². The van der Waals surface area contributed by atoms with Gasteiger partial charge >= 0.3 is 0 Å². The van der Waals surface area contributed by atoms with E-state index in [1.54, 1.807) is 11.5 Å². The average Bonchev–Trinajstić information content (AvgIpc) is 2.76. The van der Waals surface area contributed by atoms with Crippen LogP contribution in [0.3, 0.4) is 0 Å². The minimum Gasteiger partial charge on any atom is -0.309 e. The van der Waals surface area contributed by atoms with E-state index in [1.165, 1.54) is 29.8 Å². The molecule has 0 fully saturated rings. The Hall–Kier alpha value is -0.480. The summed E-state index contributed by atoms with van der Waals surface area (Å²) in [6.45, 7) is 12.1. The summed E-state index contributed by atoms with van der Waals surface area (Å²) in [6.07, 6.45) is 3.76. The lowest BCUT2D eigenvalue weighted by Gasteiger charge is -2.18. The molecule has 0 aliphatic carbocycles. The van der Waals surface area contributed by atoms with Gasteiger partial charge in [0.05, 0.1) is 10.6 Å². The van der Waals surface area contributed by atoms with Crippen LogP contribution in [0.15, 0.2) is 0 Å². The molecular weight excluding hydrogens is 242 g/mol. The van der Waals surface area contributed by atoms with Gasteiger partial charge in [-0.25, -0.2) is 0 Å². The number of nitrogens with one attached hydrogen (secondary N) is 1. The first-order valence-corrected chi connectivity index (χ1v) is 7.89. The Bertz CT molecular complexity index is 334. The summed E-state index contributed by atoms with van der Waals surface area (Å²) >= 11 is 1.56. The van der Waals surface area contributed by atoms with Crippen LogP contribution in [0, 0.1) is 5.92 Å². The molecule has 0 amide bonds. The van der Waals surface area contributed by atoms with Crippen molar-refractivity contribution in [2.45, 2.75) is 65.8 Å². The maximum Gasteiger partial charge on any atom is 0.0829 e. The Morgan fingerprint density at radius 2 is 1.89 bits per heavy atom. The van der Waals surface area contributed by atoms with Crippen molar-refractivity contribution in [3.05, 3.63) is 10.6 Å². The monoisotopic (exact) mass is 269 g/mol. The molecule has 18 heavy (non-hydrogen) atoms. The first-order valence-electron chi connectivity index (χ1n) is 7.11. The average molecular weight is 269 g/mol. The van der Waals surface area contributed by atoms with Gasteiger partial charge in [-0.3, -0.25) is 0 Å². The third-order valence-electron chi connectivity index (χ3n) is 3.13. The molecule has 4 heteroatoms. The van der Waals surface area contributed by atoms with E-state index < -0.39 is 0 Å². The van der Waals surface area contributed by atoms with Crippen LogP contribution in [0.2, 0.25) is 0 Å². The molecule has 0 spiro atoms. The minimum absolute atomic E-state index is 0.436. The third kappa shape index (κ3) is 4.65. The van der Waals surface area contributed by atoms with E-state index in [0.717, 1.165) is 12.5 Å². The Morgan fingerprint density at radius 1 is 1.17 bits per heavy atom. The second-order valence-corrected chi connectivity index (χ2v) is 6.40. The van der Waals surface area contributed by atoms with Crippen LogP contribution in [0.5, 0.6) is 0 Å². The molecule has 1 heterocycles. The maximum absolute atomic E-state index is 4.29. The zero-order valence-corrected chi connectivity index (χ0v) is 13.2. The van der Waals surface area contributed by atoms with Crippen molar-refractivity contribution in [3.63, 3.8) is 0 Å². The van der Waals surface area contributed by atoms with Crippen LogP contribution in [0.4, 0.5) is 0 Å². The van der Waals surface area contributed by atoms with Crippen molar-refractivity contribution in [2.75, 3.05) is 6.54 Å². The van der Waals surface area contributed by atoms with Gasteiger partial charge in [0.2, 0.25) is 0 Å². The van der Waals surface area contributed by atoms with E-state index in [1.807, 2.05) is 0 Å². The zero-order chi connectivity index (χ0) is 13.5. The van der Waals surface area contributed by atoms with Crippen LogP contribution in [-0.2, 0) is 0 Å². The maximum atomic E-state index is 4.29. The topological polar surface area (TPSA) is 37.8 Å². The molecule has 1 unspecified atom stereocenters. The molecule has 1 aromatic heterocycles. The van der Waals surface area contributed by atoms with Crippen molar-refractivity contribution in [1.29, 1.82) is 0 Å². The molecule has 104 valence electrons. The largest absolute Gasteiger partial charge is 0.309 e. The summed E-state index contributed by atoms with van der Waals surface area (Å²) in [4.78, 5) is 1.34. The van der Waals surface area contributed by atoms with Crippen molar-refractivity contribution >= 4 is 11.5 Å². The molecule has 0 aliphatic rings. The highest BCUT2D eigenvalue weighted by Gasteiger charge is 2.20. The van der Waals surface area contributed by atoms with Gasteiger partial charge in [0.25, 0.3) is 0 Å². The Kier molecular flexibility index (Phi) is 6.79. The van der Waals surface area contributed by atoms with Gasteiger partial charge in [0, 0.05) is 6.04 Å². The normalized spacial score (nSPS) is 13.5. The highest BCUT2D eigenvalue weighted by atomic mass is 32.1. The smallest absolute Gasteiger partial charge is 0.0829 e. The summed E-state index contributed by atoms with van der Waals surface area (Å²) in [6, 6.07) is 0.436. The van der Waals surface area contributed by atoms with Gasteiger partial charge < -0.3 is 5.32 Å². The molecule has 1 N–H and O–H groups in total. The van der Waals surface area contributed by atoms with Crippen molar-refractivity contribution in [2.24, 2.45) is 5.92 Å². The molecular formula is C14H27N3S. The molecule has 0 radical (unpaired) electrons. The number of rotatable bonds is 8. The molecule has 0 aromatic carbocycles. The second kappa shape index (κ2) is 7.85. The Balaban J connectivity index is 2.67. The summed E-state index contributed by atoms with van der Waals surface area (Å²) in [7, 11) is 0. The van der Waals surface area contributed by atoms with E-state index >= 15 is 0 Å². The van der Waals surface area contributed by atoms with E-state index in [0.29, 0.717) is 12.0 Å². The van der Waals surface area contributed by atoms with Gasteiger partial charge in [-0.1, -0.05) is 51.9 Å².